The lowest BCUT2D eigenvalue weighted by atomic mass is 9.82. The minimum atomic E-state index is -0.933. The van der Waals surface area contributed by atoms with Crippen molar-refractivity contribution in [1.29, 1.82) is 0 Å². The summed E-state index contributed by atoms with van der Waals surface area (Å²) in [5, 5.41) is 22.8. The van der Waals surface area contributed by atoms with Crippen LogP contribution in [0.15, 0.2) is 18.2 Å². The monoisotopic (exact) mass is 329 g/mol. The number of tetrazole rings is 1. The number of rotatable bonds is 1. The first-order chi connectivity index (χ1) is 11.6. The molecule has 0 radical (unpaired) electrons. The molecule has 3 heterocycles. The van der Waals surface area contributed by atoms with Crippen LogP contribution in [0.1, 0.15) is 29.6 Å². The van der Waals surface area contributed by atoms with E-state index in [0.717, 1.165) is 0 Å². The normalized spacial score (nSPS) is 19.0. The maximum Gasteiger partial charge on any atom is 0.407 e. The molecule has 1 saturated heterocycles. The van der Waals surface area contributed by atoms with Gasteiger partial charge in [0.2, 0.25) is 5.82 Å². The predicted octanol–water partition coefficient (Wildman–Crippen LogP) is 1.34. The lowest BCUT2D eigenvalue weighted by molar-refractivity contribution is -0.00518. The van der Waals surface area contributed by atoms with Crippen LogP contribution in [0.5, 0.6) is 5.75 Å². The minimum Gasteiger partial charge on any atom is -0.486 e. The smallest absolute Gasteiger partial charge is 0.407 e. The number of aromatic amines is 1. The van der Waals surface area contributed by atoms with E-state index < -0.39 is 11.7 Å². The third kappa shape index (κ3) is 2.38. The maximum absolute atomic E-state index is 12.6. The summed E-state index contributed by atoms with van der Waals surface area (Å²) in [7, 11) is 0. The lowest BCUT2D eigenvalue weighted by Gasteiger charge is -2.43. The van der Waals surface area contributed by atoms with Crippen molar-refractivity contribution >= 4 is 11.9 Å². The van der Waals surface area contributed by atoms with Crippen LogP contribution in [-0.2, 0) is 0 Å². The fraction of sp³-hybridized carbons (Fsp3) is 0.400. The Balaban J connectivity index is 1.60. The Morgan fingerprint density at radius 1 is 1.33 bits per heavy atom. The number of benzene rings is 1. The van der Waals surface area contributed by atoms with Gasteiger partial charge in [0.15, 0.2) is 5.78 Å². The van der Waals surface area contributed by atoms with Crippen LogP contribution in [0, 0.1) is 0 Å². The van der Waals surface area contributed by atoms with Gasteiger partial charge in [-0.3, -0.25) is 4.79 Å². The molecule has 1 aromatic carbocycles. The van der Waals surface area contributed by atoms with E-state index in [4.69, 9.17) is 9.84 Å². The molecule has 2 aromatic rings. The quantitative estimate of drug-likeness (QED) is 0.809. The summed E-state index contributed by atoms with van der Waals surface area (Å²) < 4.78 is 6.13. The molecule has 2 N–H and O–H groups in total. The fourth-order valence-electron chi connectivity index (χ4n) is 3.30. The Kier molecular flexibility index (Phi) is 3.22. The number of piperidine rings is 1. The molecule has 0 aliphatic carbocycles. The zero-order chi connectivity index (χ0) is 16.7. The maximum atomic E-state index is 12.6. The van der Waals surface area contributed by atoms with Crippen molar-refractivity contribution in [2.24, 2.45) is 0 Å². The molecule has 1 fully saturated rings. The standard InChI is InChI=1S/C15H15N5O4/c21-11-8-15(3-5-20(6-4-15)14(22)23)24-12-2-1-9(7-10(11)12)13-16-18-19-17-13/h1-2,7H,3-6,8H2,(H,22,23)(H,16,17,18,19). The molecular weight excluding hydrogens is 314 g/mol. The molecule has 4 rings (SSSR count). The molecule has 124 valence electrons. The molecule has 1 amide bonds. The first-order valence-electron chi connectivity index (χ1n) is 7.64. The molecule has 0 saturated carbocycles. The van der Waals surface area contributed by atoms with Gasteiger partial charge in [-0.2, -0.15) is 5.21 Å². The number of hydrogen-bond donors (Lipinski definition) is 2. The number of hydrogen-bond acceptors (Lipinski definition) is 6. The first kappa shape index (κ1) is 14.6. The third-order valence-electron chi connectivity index (χ3n) is 4.64. The van der Waals surface area contributed by atoms with Gasteiger partial charge in [-0.15, -0.1) is 10.2 Å². The minimum absolute atomic E-state index is 0.00892. The van der Waals surface area contributed by atoms with E-state index >= 15 is 0 Å². The number of likely N-dealkylation sites (tertiary alicyclic amines) is 1. The van der Waals surface area contributed by atoms with Crippen molar-refractivity contribution < 1.29 is 19.4 Å². The van der Waals surface area contributed by atoms with Gasteiger partial charge in [0.1, 0.15) is 11.4 Å². The van der Waals surface area contributed by atoms with Crippen molar-refractivity contribution in [3.05, 3.63) is 23.8 Å². The average molecular weight is 329 g/mol. The summed E-state index contributed by atoms with van der Waals surface area (Å²) in [5.41, 5.74) is 0.587. The van der Waals surface area contributed by atoms with Gasteiger partial charge in [-0.25, -0.2) is 4.79 Å². The first-order valence-corrected chi connectivity index (χ1v) is 7.64. The van der Waals surface area contributed by atoms with E-state index in [1.165, 1.54) is 4.90 Å². The Hall–Kier alpha value is -2.97. The molecule has 1 aromatic heterocycles. The van der Waals surface area contributed by atoms with E-state index in [2.05, 4.69) is 20.6 Å². The third-order valence-corrected chi connectivity index (χ3v) is 4.64. The molecular formula is C15H15N5O4. The molecule has 0 unspecified atom stereocenters. The molecule has 2 aliphatic rings. The largest absolute Gasteiger partial charge is 0.486 e. The van der Waals surface area contributed by atoms with Gasteiger partial charge < -0.3 is 14.7 Å². The molecule has 0 bridgehead atoms. The van der Waals surface area contributed by atoms with Gasteiger partial charge >= 0.3 is 6.09 Å². The van der Waals surface area contributed by atoms with Gasteiger partial charge in [0.25, 0.3) is 0 Å². The summed E-state index contributed by atoms with van der Waals surface area (Å²) in [6.07, 6.45) is 0.342. The molecule has 1 spiro atoms. The summed E-state index contributed by atoms with van der Waals surface area (Å²) >= 11 is 0. The van der Waals surface area contributed by atoms with Crippen molar-refractivity contribution in [3.63, 3.8) is 0 Å². The van der Waals surface area contributed by atoms with Gasteiger partial charge in [0.05, 0.1) is 12.0 Å². The summed E-state index contributed by atoms with van der Waals surface area (Å²) in [4.78, 5) is 25.0. The average Bonchev–Trinajstić information content (AvgIpc) is 3.09. The van der Waals surface area contributed by atoms with Crippen LogP contribution in [0.3, 0.4) is 0 Å². The van der Waals surface area contributed by atoms with Crippen LogP contribution in [0.25, 0.3) is 11.4 Å². The van der Waals surface area contributed by atoms with E-state index in [9.17, 15) is 9.59 Å². The Morgan fingerprint density at radius 3 is 2.79 bits per heavy atom. The van der Waals surface area contributed by atoms with E-state index in [1.54, 1.807) is 18.2 Å². The molecule has 2 aliphatic heterocycles. The number of carboxylic acid groups (broad SMARTS) is 1. The predicted molar refractivity (Wildman–Crippen MR) is 80.8 cm³/mol. The van der Waals surface area contributed by atoms with Gasteiger partial charge in [-0.1, -0.05) is 0 Å². The second-order valence-corrected chi connectivity index (χ2v) is 6.10. The number of ether oxygens (including phenoxy) is 1. The zero-order valence-corrected chi connectivity index (χ0v) is 12.7. The number of nitrogens with zero attached hydrogens (tertiary/aromatic N) is 4. The Bertz CT molecular complexity index is 796. The fourth-order valence-corrected chi connectivity index (χ4v) is 3.30. The second kappa shape index (κ2) is 5.29. The summed E-state index contributed by atoms with van der Waals surface area (Å²) in [5.74, 6) is 0.938. The second-order valence-electron chi connectivity index (χ2n) is 6.10. The van der Waals surface area contributed by atoms with Crippen LogP contribution in [-0.4, -0.2) is 61.2 Å². The SMILES string of the molecule is O=C1CC2(CCN(C(=O)O)CC2)Oc2ccc(-c3nn[nH]n3)cc21. The van der Waals surface area contributed by atoms with E-state index in [-0.39, 0.29) is 12.2 Å². The molecule has 9 nitrogen and oxygen atoms in total. The highest BCUT2D eigenvalue weighted by Crippen LogP contribution is 2.40. The Morgan fingerprint density at radius 2 is 2.12 bits per heavy atom. The summed E-state index contributed by atoms with van der Waals surface area (Å²) in [6.45, 7) is 0.748. The number of carbonyl (C=O) groups excluding carboxylic acids is 1. The highest BCUT2D eigenvalue weighted by molar-refractivity contribution is 6.01. The number of carbonyl (C=O) groups is 2. The Labute approximate surface area is 136 Å². The number of Topliss-reactive ketones (excluding diaryl/α,β-unsaturated/α-hetero) is 1. The van der Waals surface area contributed by atoms with Crippen LogP contribution in [0.4, 0.5) is 4.79 Å². The van der Waals surface area contributed by atoms with Crippen LogP contribution >= 0.6 is 0 Å². The van der Waals surface area contributed by atoms with Crippen LogP contribution < -0.4 is 4.74 Å². The number of aromatic nitrogens is 4. The van der Waals surface area contributed by atoms with Gasteiger partial charge in [-0.05, 0) is 23.4 Å². The van der Waals surface area contributed by atoms with Crippen molar-refractivity contribution in [1.82, 2.24) is 25.5 Å². The van der Waals surface area contributed by atoms with Gasteiger partial charge in [0, 0.05) is 31.5 Å². The molecule has 24 heavy (non-hydrogen) atoms. The van der Waals surface area contributed by atoms with Crippen molar-refractivity contribution in [3.8, 4) is 17.1 Å². The lowest BCUT2D eigenvalue weighted by Crippen LogP contribution is -2.52. The van der Waals surface area contributed by atoms with Crippen molar-refractivity contribution in [2.45, 2.75) is 24.9 Å². The number of ketones is 1. The zero-order valence-electron chi connectivity index (χ0n) is 12.7. The summed E-state index contributed by atoms with van der Waals surface area (Å²) in [6, 6.07) is 5.23. The number of H-pyrrole nitrogens is 1. The highest BCUT2D eigenvalue weighted by Gasteiger charge is 2.43. The van der Waals surface area contributed by atoms with Crippen molar-refractivity contribution in [2.75, 3.05) is 13.1 Å². The van der Waals surface area contributed by atoms with Crippen LogP contribution in [0.2, 0.25) is 0 Å². The van der Waals surface area contributed by atoms with E-state index in [0.29, 0.717) is 48.6 Å². The molecule has 0 atom stereocenters. The number of amides is 1. The molecule has 9 heteroatoms. The number of nitrogens with one attached hydrogen (secondary N) is 1. The topological polar surface area (TPSA) is 121 Å². The number of fused-ring (bicyclic) bond motifs is 1. The highest BCUT2D eigenvalue weighted by atomic mass is 16.5. The van der Waals surface area contributed by atoms with E-state index in [1.807, 2.05) is 0 Å².